The minimum Gasteiger partial charge on any atom is -0.494 e. The van der Waals surface area contributed by atoms with E-state index in [2.05, 4.69) is 0 Å². The van der Waals surface area contributed by atoms with E-state index in [4.69, 9.17) is 26.6 Å². The zero-order valence-corrected chi connectivity index (χ0v) is 20.6. The number of nitrogens with zero attached hydrogens (tertiary/aromatic N) is 3. The highest BCUT2D eigenvalue weighted by atomic mass is 32.2. The molecule has 34 heavy (non-hydrogen) atoms. The van der Waals surface area contributed by atoms with Crippen LogP contribution in [0.5, 0.6) is 5.75 Å². The fraction of sp³-hybridized carbons (Fsp3) is 0.174. The molecular formula is C23H21N3O5S3. The van der Waals surface area contributed by atoms with Gasteiger partial charge in [0, 0.05) is 23.9 Å². The van der Waals surface area contributed by atoms with Crippen LogP contribution in [0.25, 0.3) is 23.0 Å². The van der Waals surface area contributed by atoms with Gasteiger partial charge in [0.25, 0.3) is 16.0 Å². The van der Waals surface area contributed by atoms with Gasteiger partial charge in [-0.05, 0) is 37.3 Å². The average molecular weight is 516 g/mol. The van der Waals surface area contributed by atoms with Gasteiger partial charge < -0.3 is 4.74 Å². The van der Waals surface area contributed by atoms with E-state index in [1.807, 2.05) is 67.7 Å². The standard InChI is InChI=1S/C23H21N3O5S3/c1-2-31-19-10-6-7-16(13-19)21-17(15-26(24-21)18-8-4-3-5-9-18)14-20-22(27)25(23(32)33-20)11-12-34(28,29)30/h3-10,13-15H,2,11-12H2,1H3,(H,28,29,30). The van der Waals surface area contributed by atoms with E-state index in [1.54, 1.807) is 10.8 Å². The third-order valence-corrected chi connectivity index (χ3v) is 6.99. The summed E-state index contributed by atoms with van der Waals surface area (Å²) in [5.74, 6) is -0.300. The molecule has 0 atom stereocenters. The molecule has 1 N–H and O–H groups in total. The predicted octanol–water partition coefficient (Wildman–Crippen LogP) is 4.03. The van der Waals surface area contributed by atoms with Crippen LogP contribution < -0.4 is 4.74 Å². The van der Waals surface area contributed by atoms with Gasteiger partial charge in [0.05, 0.1) is 23.0 Å². The van der Waals surface area contributed by atoms with Crippen molar-refractivity contribution in [3.8, 4) is 22.7 Å². The zero-order chi connectivity index (χ0) is 24.3. The van der Waals surface area contributed by atoms with E-state index in [-0.39, 0.29) is 10.9 Å². The highest BCUT2D eigenvalue weighted by Crippen LogP contribution is 2.35. The van der Waals surface area contributed by atoms with Gasteiger partial charge in [0.15, 0.2) is 0 Å². The molecule has 0 aliphatic carbocycles. The third-order valence-electron chi connectivity index (χ3n) is 4.91. The van der Waals surface area contributed by atoms with Gasteiger partial charge >= 0.3 is 0 Å². The van der Waals surface area contributed by atoms with Crippen molar-refractivity contribution in [3.63, 3.8) is 0 Å². The van der Waals surface area contributed by atoms with Crippen molar-refractivity contribution >= 4 is 50.4 Å². The van der Waals surface area contributed by atoms with Crippen LogP contribution in [-0.2, 0) is 14.9 Å². The van der Waals surface area contributed by atoms with Crippen molar-refractivity contribution in [2.75, 3.05) is 18.9 Å². The molecule has 0 saturated carbocycles. The monoisotopic (exact) mass is 515 g/mol. The van der Waals surface area contributed by atoms with Crippen LogP contribution in [0, 0.1) is 0 Å². The van der Waals surface area contributed by atoms with E-state index < -0.39 is 21.8 Å². The van der Waals surface area contributed by atoms with Gasteiger partial charge in [0.1, 0.15) is 15.8 Å². The number of ether oxygens (including phenoxy) is 1. The fourth-order valence-corrected chi connectivity index (χ4v) is 5.08. The molecule has 1 aliphatic heterocycles. The number of carbonyl (C=O) groups is 1. The van der Waals surface area contributed by atoms with Gasteiger partial charge in [-0.2, -0.15) is 13.5 Å². The van der Waals surface area contributed by atoms with Gasteiger partial charge in [0.2, 0.25) is 0 Å². The maximum atomic E-state index is 12.9. The number of benzene rings is 2. The van der Waals surface area contributed by atoms with Gasteiger partial charge in [-0.3, -0.25) is 14.2 Å². The highest BCUT2D eigenvalue weighted by Gasteiger charge is 2.33. The molecule has 0 bridgehead atoms. The number of para-hydroxylation sites is 1. The Morgan fingerprint density at radius 2 is 1.94 bits per heavy atom. The SMILES string of the molecule is CCOc1cccc(-c2nn(-c3ccccc3)cc2C=C2SC(=S)N(CCS(=O)(=O)O)C2=O)c1. The van der Waals surface area contributed by atoms with E-state index in [0.29, 0.717) is 28.5 Å². The lowest BCUT2D eigenvalue weighted by molar-refractivity contribution is -0.121. The van der Waals surface area contributed by atoms with Crippen LogP contribution in [-0.4, -0.2) is 56.8 Å². The Bertz CT molecular complexity index is 1370. The number of thioether (sulfide) groups is 1. The normalized spacial score (nSPS) is 15.4. The number of amides is 1. The summed E-state index contributed by atoms with van der Waals surface area (Å²) >= 11 is 6.34. The molecule has 1 fully saturated rings. The van der Waals surface area contributed by atoms with Crippen LogP contribution in [0.4, 0.5) is 0 Å². The van der Waals surface area contributed by atoms with Crippen molar-refractivity contribution in [3.05, 3.63) is 71.3 Å². The number of thiocarbonyl (C=S) groups is 1. The molecule has 1 aliphatic rings. The van der Waals surface area contributed by atoms with Crippen LogP contribution in [0.1, 0.15) is 12.5 Å². The number of rotatable bonds is 8. The molecule has 8 nitrogen and oxygen atoms in total. The van der Waals surface area contributed by atoms with E-state index in [1.165, 1.54) is 4.90 Å². The summed E-state index contributed by atoms with van der Waals surface area (Å²) in [5.41, 5.74) is 3.00. The first kappa shape index (κ1) is 24.1. The van der Waals surface area contributed by atoms with Crippen LogP contribution in [0.15, 0.2) is 65.7 Å². The van der Waals surface area contributed by atoms with Gasteiger partial charge in [-0.15, -0.1) is 0 Å². The first-order chi connectivity index (χ1) is 16.2. The molecule has 2 heterocycles. The summed E-state index contributed by atoms with van der Waals surface area (Å²) < 4.78 is 38.9. The van der Waals surface area contributed by atoms with E-state index in [9.17, 15) is 13.2 Å². The Morgan fingerprint density at radius 3 is 2.65 bits per heavy atom. The zero-order valence-electron chi connectivity index (χ0n) is 18.1. The fourth-order valence-electron chi connectivity index (χ4n) is 3.37. The molecule has 0 spiro atoms. The van der Waals surface area contributed by atoms with Crippen LogP contribution >= 0.6 is 24.0 Å². The molecule has 3 aromatic rings. The average Bonchev–Trinajstić information content (AvgIpc) is 3.34. The Labute approximate surface area is 207 Å². The molecule has 1 aromatic heterocycles. The van der Waals surface area contributed by atoms with E-state index >= 15 is 0 Å². The van der Waals surface area contributed by atoms with E-state index in [0.717, 1.165) is 23.0 Å². The summed E-state index contributed by atoms with van der Waals surface area (Å²) in [4.78, 5) is 14.4. The highest BCUT2D eigenvalue weighted by molar-refractivity contribution is 8.26. The summed E-state index contributed by atoms with van der Waals surface area (Å²) in [6, 6.07) is 17.1. The number of aromatic nitrogens is 2. The Balaban J connectivity index is 1.74. The quantitative estimate of drug-likeness (QED) is 0.273. The molecule has 2 aromatic carbocycles. The first-order valence-corrected chi connectivity index (χ1v) is 13.2. The molecule has 1 amide bonds. The van der Waals surface area contributed by atoms with Crippen molar-refractivity contribution in [1.29, 1.82) is 0 Å². The molecule has 4 rings (SSSR count). The van der Waals surface area contributed by atoms with Gasteiger partial charge in [-0.1, -0.05) is 54.3 Å². The molecule has 1 saturated heterocycles. The number of hydrogen-bond acceptors (Lipinski definition) is 7. The predicted molar refractivity (Wildman–Crippen MR) is 136 cm³/mol. The van der Waals surface area contributed by atoms with Crippen LogP contribution in [0.2, 0.25) is 0 Å². The molecule has 11 heteroatoms. The molecule has 176 valence electrons. The smallest absolute Gasteiger partial charge is 0.266 e. The van der Waals surface area contributed by atoms with Crippen LogP contribution in [0.3, 0.4) is 0 Å². The Morgan fingerprint density at radius 1 is 1.18 bits per heavy atom. The minimum atomic E-state index is -4.22. The van der Waals surface area contributed by atoms with Gasteiger partial charge in [-0.25, -0.2) is 4.68 Å². The van der Waals surface area contributed by atoms with Crippen molar-refractivity contribution < 1.29 is 22.5 Å². The second-order valence-electron chi connectivity index (χ2n) is 7.29. The molecule has 0 unspecified atom stereocenters. The Kier molecular flexibility index (Phi) is 7.17. The minimum absolute atomic E-state index is 0.215. The lowest BCUT2D eigenvalue weighted by Gasteiger charge is -2.12. The Hall–Kier alpha value is -2.99. The lowest BCUT2D eigenvalue weighted by Crippen LogP contribution is -2.32. The summed E-state index contributed by atoms with van der Waals surface area (Å²) in [6.07, 6.45) is 3.52. The molecule has 0 radical (unpaired) electrons. The second kappa shape index (κ2) is 10.1. The largest absolute Gasteiger partial charge is 0.494 e. The number of hydrogen-bond donors (Lipinski definition) is 1. The van der Waals surface area contributed by atoms with Crippen molar-refractivity contribution in [1.82, 2.24) is 14.7 Å². The summed E-state index contributed by atoms with van der Waals surface area (Å²) in [5, 5.41) is 4.76. The molecular weight excluding hydrogens is 494 g/mol. The topological polar surface area (TPSA) is 102 Å². The maximum Gasteiger partial charge on any atom is 0.266 e. The second-order valence-corrected chi connectivity index (χ2v) is 10.5. The maximum absolute atomic E-state index is 12.9. The summed E-state index contributed by atoms with van der Waals surface area (Å²) in [7, 11) is -4.22. The van der Waals surface area contributed by atoms with Crippen molar-refractivity contribution in [2.45, 2.75) is 6.92 Å². The third kappa shape index (κ3) is 5.55. The number of carbonyl (C=O) groups excluding carboxylic acids is 1. The first-order valence-electron chi connectivity index (χ1n) is 10.3. The van der Waals surface area contributed by atoms with Crippen molar-refractivity contribution in [2.24, 2.45) is 0 Å². The summed E-state index contributed by atoms with van der Waals surface area (Å²) in [6.45, 7) is 2.22. The lowest BCUT2D eigenvalue weighted by atomic mass is 10.1.